The summed E-state index contributed by atoms with van der Waals surface area (Å²) >= 11 is 0. The summed E-state index contributed by atoms with van der Waals surface area (Å²) in [7, 11) is 0. The number of amides is 2. The van der Waals surface area contributed by atoms with Crippen molar-refractivity contribution in [3.63, 3.8) is 0 Å². The van der Waals surface area contributed by atoms with Crippen LogP contribution < -0.4 is 5.32 Å². The molecule has 2 aromatic carbocycles. The van der Waals surface area contributed by atoms with Crippen molar-refractivity contribution in [3.05, 3.63) is 59.7 Å². The fourth-order valence-corrected chi connectivity index (χ4v) is 4.20. The van der Waals surface area contributed by atoms with Gasteiger partial charge in [-0.05, 0) is 43.0 Å². The maximum atomic E-state index is 12.4. The van der Waals surface area contributed by atoms with Crippen molar-refractivity contribution in [1.82, 2.24) is 10.2 Å². The van der Waals surface area contributed by atoms with Crippen molar-refractivity contribution in [2.45, 2.75) is 50.8 Å². The van der Waals surface area contributed by atoms with Crippen LogP contribution in [0.2, 0.25) is 0 Å². The number of aliphatic carboxylic acids is 1. The molecule has 0 spiro atoms. The summed E-state index contributed by atoms with van der Waals surface area (Å²) in [6.45, 7) is 5.79. The lowest BCUT2D eigenvalue weighted by molar-refractivity contribution is -0.139. The van der Waals surface area contributed by atoms with Crippen molar-refractivity contribution < 1.29 is 29.0 Å². The maximum Gasteiger partial charge on any atom is 0.410 e. The smallest absolute Gasteiger partial charge is 0.410 e. The molecule has 1 aliphatic carbocycles. The zero-order chi connectivity index (χ0) is 23.8. The van der Waals surface area contributed by atoms with E-state index in [1.54, 1.807) is 20.8 Å². The van der Waals surface area contributed by atoms with Gasteiger partial charge in [0.05, 0.1) is 6.04 Å². The van der Waals surface area contributed by atoms with Crippen LogP contribution in [0.25, 0.3) is 11.1 Å². The molecule has 2 unspecified atom stereocenters. The summed E-state index contributed by atoms with van der Waals surface area (Å²) in [5, 5.41) is 12.0. The van der Waals surface area contributed by atoms with Crippen LogP contribution in [0.15, 0.2) is 48.5 Å². The highest BCUT2D eigenvalue weighted by Crippen LogP contribution is 2.44. The van der Waals surface area contributed by atoms with Crippen molar-refractivity contribution in [3.8, 4) is 11.1 Å². The number of carboxylic acid groups (broad SMARTS) is 1. The average molecular weight is 453 g/mol. The molecular weight excluding hydrogens is 424 g/mol. The summed E-state index contributed by atoms with van der Waals surface area (Å²) in [6, 6.07) is 14.5. The van der Waals surface area contributed by atoms with E-state index in [1.165, 1.54) is 4.90 Å². The third-order valence-electron chi connectivity index (χ3n) is 5.78. The number of rotatable bonds is 6. The number of ether oxygens (including phenoxy) is 2. The maximum absolute atomic E-state index is 12.4. The standard InChI is InChI=1S/C25H28N2O6/c1-25(2,3)33-24(31)27-13-15(27)12-21(22(28)29)26-23(30)32-14-20-18-10-6-4-8-16(18)17-9-5-7-11-19(17)20/h4-11,15,20-21H,12-14H2,1-3H3,(H,26,30)(H,28,29). The predicted octanol–water partition coefficient (Wildman–Crippen LogP) is 3.99. The zero-order valence-corrected chi connectivity index (χ0v) is 18.9. The van der Waals surface area contributed by atoms with Gasteiger partial charge in [0.1, 0.15) is 18.2 Å². The molecule has 2 atom stereocenters. The summed E-state index contributed by atoms with van der Waals surface area (Å²) in [5.74, 6) is -1.29. The molecule has 2 amide bonds. The molecule has 2 aromatic rings. The number of carboxylic acids is 1. The SMILES string of the molecule is CC(C)(C)OC(=O)N1CC1CC(NC(=O)OCC1c2ccccc2-c2ccccc21)C(=O)O. The highest BCUT2D eigenvalue weighted by atomic mass is 16.6. The van der Waals surface area contributed by atoms with Gasteiger partial charge < -0.3 is 24.8 Å². The van der Waals surface area contributed by atoms with Gasteiger partial charge in [0.25, 0.3) is 0 Å². The highest BCUT2D eigenvalue weighted by molar-refractivity contribution is 5.81. The number of carbonyl (C=O) groups excluding carboxylic acids is 2. The van der Waals surface area contributed by atoms with Crippen molar-refractivity contribution >= 4 is 18.2 Å². The lowest BCUT2D eigenvalue weighted by Gasteiger charge is -2.20. The second kappa shape index (κ2) is 8.77. The minimum Gasteiger partial charge on any atom is -0.480 e. The van der Waals surface area contributed by atoms with Gasteiger partial charge in [0.15, 0.2) is 0 Å². The summed E-state index contributed by atoms with van der Waals surface area (Å²) in [4.78, 5) is 37.7. The topological polar surface area (TPSA) is 105 Å². The Kier molecular flexibility index (Phi) is 6.01. The second-order valence-electron chi connectivity index (χ2n) is 9.38. The fourth-order valence-electron chi connectivity index (χ4n) is 4.20. The number of fused-ring (bicyclic) bond motifs is 3. The molecule has 1 saturated heterocycles. The van der Waals surface area contributed by atoms with Crippen LogP contribution in [0.3, 0.4) is 0 Å². The number of hydrogen-bond donors (Lipinski definition) is 2. The number of hydrogen-bond acceptors (Lipinski definition) is 5. The van der Waals surface area contributed by atoms with Crippen LogP contribution in [0.1, 0.15) is 44.2 Å². The first-order valence-corrected chi connectivity index (χ1v) is 11.0. The van der Waals surface area contributed by atoms with E-state index in [9.17, 15) is 19.5 Å². The lowest BCUT2D eigenvalue weighted by Crippen LogP contribution is -2.42. The Morgan fingerprint density at radius 1 is 1.06 bits per heavy atom. The van der Waals surface area contributed by atoms with Gasteiger partial charge in [-0.25, -0.2) is 14.4 Å². The van der Waals surface area contributed by atoms with Crippen molar-refractivity contribution in [2.75, 3.05) is 13.2 Å². The van der Waals surface area contributed by atoms with Crippen LogP contribution in [0.5, 0.6) is 0 Å². The Morgan fingerprint density at radius 2 is 1.64 bits per heavy atom. The quantitative estimate of drug-likeness (QED) is 0.642. The van der Waals surface area contributed by atoms with E-state index in [0.29, 0.717) is 6.54 Å². The molecule has 1 heterocycles. The molecule has 0 bridgehead atoms. The van der Waals surface area contributed by atoms with E-state index in [4.69, 9.17) is 9.47 Å². The largest absolute Gasteiger partial charge is 0.480 e. The zero-order valence-electron chi connectivity index (χ0n) is 18.9. The summed E-state index contributed by atoms with van der Waals surface area (Å²) in [6.07, 6.45) is -1.20. The van der Waals surface area contributed by atoms with Crippen molar-refractivity contribution in [2.24, 2.45) is 0 Å². The Bertz CT molecular complexity index is 1030. The van der Waals surface area contributed by atoms with Gasteiger partial charge >= 0.3 is 18.2 Å². The Balaban J connectivity index is 1.33. The molecule has 4 rings (SSSR count). The lowest BCUT2D eigenvalue weighted by atomic mass is 9.98. The molecule has 1 aliphatic heterocycles. The molecule has 0 saturated carbocycles. The molecule has 174 valence electrons. The van der Waals surface area contributed by atoms with Gasteiger partial charge in [0, 0.05) is 18.9 Å². The predicted molar refractivity (Wildman–Crippen MR) is 121 cm³/mol. The third kappa shape index (κ3) is 5.10. The van der Waals surface area contributed by atoms with Gasteiger partial charge in [-0.1, -0.05) is 48.5 Å². The Hall–Kier alpha value is -3.55. The van der Waals surface area contributed by atoms with Gasteiger partial charge in [-0.15, -0.1) is 0 Å². The second-order valence-corrected chi connectivity index (χ2v) is 9.38. The van der Waals surface area contributed by atoms with Crippen LogP contribution in [0.4, 0.5) is 9.59 Å². The van der Waals surface area contributed by atoms with E-state index in [-0.39, 0.29) is 25.0 Å². The van der Waals surface area contributed by atoms with E-state index >= 15 is 0 Å². The van der Waals surface area contributed by atoms with Gasteiger partial charge in [-0.2, -0.15) is 0 Å². The molecule has 2 N–H and O–H groups in total. The fraction of sp³-hybridized carbons (Fsp3) is 0.400. The molecule has 1 fully saturated rings. The molecule has 8 heteroatoms. The molecule has 0 aromatic heterocycles. The summed E-state index contributed by atoms with van der Waals surface area (Å²) in [5.41, 5.74) is 3.75. The third-order valence-corrected chi connectivity index (χ3v) is 5.78. The number of nitrogens with zero attached hydrogens (tertiary/aromatic N) is 1. The van der Waals surface area contributed by atoms with E-state index < -0.39 is 29.8 Å². The first kappa shape index (κ1) is 22.6. The number of nitrogens with one attached hydrogen (secondary N) is 1. The normalized spacial score (nSPS) is 17.5. The van der Waals surface area contributed by atoms with Gasteiger partial charge in [0.2, 0.25) is 0 Å². The van der Waals surface area contributed by atoms with E-state index in [1.807, 2.05) is 48.5 Å². The number of carbonyl (C=O) groups is 3. The molecule has 2 aliphatic rings. The molecular formula is C25H28N2O6. The summed E-state index contributed by atoms with van der Waals surface area (Å²) < 4.78 is 10.7. The first-order chi connectivity index (χ1) is 15.6. The first-order valence-electron chi connectivity index (χ1n) is 11.0. The average Bonchev–Trinajstić information content (AvgIpc) is 3.45. The Morgan fingerprint density at radius 3 is 2.18 bits per heavy atom. The van der Waals surface area contributed by atoms with Crippen molar-refractivity contribution in [1.29, 1.82) is 0 Å². The monoisotopic (exact) mass is 452 g/mol. The van der Waals surface area contributed by atoms with Crippen LogP contribution in [0, 0.1) is 0 Å². The number of benzene rings is 2. The van der Waals surface area contributed by atoms with E-state index in [2.05, 4.69) is 5.32 Å². The van der Waals surface area contributed by atoms with Crippen LogP contribution in [-0.2, 0) is 14.3 Å². The molecule has 8 nitrogen and oxygen atoms in total. The Labute approximate surface area is 192 Å². The minimum absolute atomic E-state index is 0.0821. The van der Waals surface area contributed by atoms with Crippen LogP contribution in [-0.4, -0.2) is 59.0 Å². The molecule has 0 radical (unpaired) electrons. The number of alkyl carbamates (subject to hydrolysis) is 1. The van der Waals surface area contributed by atoms with Gasteiger partial charge in [-0.3, -0.25) is 0 Å². The van der Waals surface area contributed by atoms with Crippen LogP contribution >= 0.6 is 0 Å². The highest BCUT2D eigenvalue weighted by Gasteiger charge is 2.43. The molecule has 33 heavy (non-hydrogen) atoms. The minimum atomic E-state index is -1.18. The van der Waals surface area contributed by atoms with E-state index in [0.717, 1.165) is 22.3 Å².